The summed E-state index contributed by atoms with van der Waals surface area (Å²) in [7, 11) is 1.68. The van der Waals surface area contributed by atoms with E-state index >= 15 is 0 Å². The van der Waals surface area contributed by atoms with E-state index < -0.39 is 0 Å². The molecule has 4 heteroatoms. The Labute approximate surface area is 98.6 Å². The van der Waals surface area contributed by atoms with Crippen LogP contribution in [0.3, 0.4) is 0 Å². The van der Waals surface area contributed by atoms with E-state index in [1.165, 1.54) is 5.56 Å². The van der Waals surface area contributed by atoms with Crippen molar-refractivity contribution in [2.45, 2.75) is 20.3 Å². The van der Waals surface area contributed by atoms with Crippen molar-refractivity contribution in [3.8, 4) is 5.75 Å². The molecule has 0 aliphatic carbocycles. The molecule has 0 saturated heterocycles. The molecule has 3 nitrogen and oxygen atoms in total. The number of rotatable bonds is 4. The van der Waals surface area contributed by atoms with E-state index in [1.54, 1.807) is 7.11 Å². The highest BCUT2D eigenvalue weighted by Gasteiger charge is 2.11. The average molecular weight is 274 g/mol. The van der Waals surface area contributed by atoms with Crippen LogP contribution in [0.5, 0.6) is 5.75 Å². The Kier molecular flexibility index (Phi) is 4.57. The maximum Gasteiger partial charge on any atom is 0.126 e. The lowest BCUT2D eigenvalue weighted by molar-refractivity contribution is 0.140. The zero-order chi connectivity index (χ0) is 11.4. The van der Waals surface area contributed by atoms with Crippen LogP contribution in [0.1, 0.15) is 16.7 Å². The molecule has 15 heavy (non-hydrogen) atoms. The normalized spacial score (nSPS) is 10.5. The predicted molar refractivity (Wildman–Crippen MR) is 64.0 cm³/mol. The van der Waals surface area contributed by atoms with Gasteiger partial charge in [0.1, 0.15) is 5.75 Å². The van der Waals surface area contributed by atoms with Crippen molar-refractivity contribution < 1.29 is 9.57 Å². The van der Waals surface area contributed by atoms with Crippen LogP contribution in [0.4, 0.5) is 0 Å². The van der Waals surface area contributed by atoms with E-state index in [0.717, 1.165) is 27.8 Å². The first-order valence-electron chi connectivity index (χ1n) is 4.76. The molecule has 0 heterocycles. The van der Waals surface area contributed by atoms with Crippen molar-refractivity contribution in [3.05, 3.63) is 27.2 Å². The smallest absolute Gasteiger partial charge is 0.126 e. The van der Waals surface area contributed by atoms with E-state index in [4.69, 9.17) is 10.6 Å². The van der Waals surface area contributed by atoms with Crippen molar-refractivity contribution in [3.63, 3.8) is 0 Å². The molecule has 0 radical (unpaired) electrons. The second-order valence-electron chi connectivity index (χ2n) is 3.45. The Balaban J connectivity index is 3.13. The topological polar surface area (TPSA) is 44.5 Å². The van der Waals surface area contributed by atoms with Gasteiger partial charge in [0.05, 0.1) is 13.7 Å². The molecule has 0 spiro atoms. The lowest BCUT2D eigenvalue weighted by Gasteiger charge is -2.14. The molecule has 0 aliphatic heterocycles. The molecule has 0 unspecified atom stereocenters. The number of benzene rings is 1. The van der Waals surface area contributed by atoms with Gasteiger partial charge in [0.2, 0.25) is 0 Å². The average Bonchev–Trinajstić information content (AvgIpc) is 2.23. The van der Waals surface area contributed by atoms with Gasteiger partial charge < -0.3 is 9.57 Å². The number of nitrogens with two attached hydrogens (primary N) is 1. The van der Waals surface area contributed by atoms with Gasteiger partial charge in [-0.15, -0.1) is 0 Å². The Hall–Kier alpha value is -0.580. The summed E-state index contributed by atoms with van der Waals surface area (Å²) in [5.41, 5.74) is 3.44. The van der Waals surface area contributed by atoms with Crippen molar-refractivity contribution >= 4 is 15.9 Å². The van der Waals surface area contributed by atoms with Crippen LogP contribution >= 0.6 is 15.9 Å². The van der Waals surface area contributed by atoms with Gasteiger partial charge >= 0.3 is 0 Å². The van der Waals surface area contributed by atoms with Crippen molar-refractivity contribution in [1.82, 2.24) is 0 Å². The number of methoxy groups -OCH3 is 1. The maximum atomic E-state index is 5.38. The molecule has 0 amide bonds. The first-order chi connectivity index (χ1) is 7.11. The van der Waals surface area contributed by atoms with Crippen LogP contribution in [0.2, 0.25) is 0 Å². The SMILES string of the molecule is COc1c(CCON)cc(C)c(Br)c1C. The third-order valence-electron chi connectivity index (χ3n) is 2.39. The fraction of sp³-hybridized carbons (Fsp3) is 0.455. The quantitative estimate of drug-likeness (QED) is 0.858. The van der Waals surface area contributed by atoms with Crippen LogP contribution in [-0.4, -0.2) is 13.7 Å². The number of ether oxygens (including phenoxy) is 1. The number of hydrogen-bond donors (Lipinski definition) is 1. The third kappa shape index (κ3) is 2.71. The number of aryl methyl sites for hydroxylation is 1. The monoisotopic (exact) mass is 273 g/mol. The van der Waals surface area contributed by atoms with Crippen LogP contribution in [0.15, 0.2) is 10.5 Å². The summed E-state index contributed by atoms with van der Waals surface area (Å²) in [6, 6.07) is 2.09. The molecular weight excluding hydrogens is 258 g/mol. The van der Waals surface area contributed by atoms with Crippen LogP contribution in [0.25, 0.3) is 0 Å². The molecule has 0 fully saturated rings. The van der Waals surface area contributed by atoms with Gasteiger partial charge in [-0.1, -0.05) is 22.0 Å². The number of halogens is 1. The molecule has 0 bridgehead atoms. The van der Waals surface area contributed by atoms with Crippen LogP contribution in [-0.2, 0) is 11.3 Å². The zero-order valence-corrected chi connectivity index (χ0v) is 10.8. The van der Waals surface area contributed by atoms with E-state index in [9.17, 15) is 0 Å². The van der Waals surface area contributed by atoms with Gasteiger partial charge in [-0.25, -0.2) is 5.90 Å². The van der Waals surface area contributed by atoms with Crippen molar-refractivity contribution in [2.75, 3.05) is 13.7 Å². The van der Waals surface area contributed by atoms with E-state index in [2.05, 4.69) is 33.8 Å². The van der Waals surface area contributed by atoms with Gasteiger partial charge in [0.15, 0.2) is 0 Å². The third-order valence-corrected chi connectivity index (χ3v) is 3.61. The molecule has 1 aromatic carbocycles. The van der Waals surface area contributed by atoms with E-state index in [-0.39, 0.29) is 0 Å². The Morgan fingerprint density at radius 1 is 1.40 bits per heavy atom. The fourth-order valence-electron chi connectivity index (χ4n) is 1.67. The summed E-state index contributed by atoms with van der Waals surface area (Å²) in [5.74, 6) is 5.93. The fourth-order valence-corrected chi connectivity index (χ4v) is 1.96. The molecular formula is C11H16BrNO2. The summed E-state index contributed by atoms with van der Waals surface area (Å²) in [4.78, 5) is 4.59. The van der Waals surface area contributed by atoms with Gasteiger partial charge in [-0.2, -0.15) is 0 Å². The van der Waals surface area contributed by atoms with Gasteiger partial charge in [0, 0.05) is 16.5 Å². The standard InChI is InChI=1S/C11H16BrNO2/c1-7-6-9(4-5-15-13)11(14-3)8(2)10(7)12/h6H,4-5,13H2,1-3H3. The van der Waals surface area contributed by atoms with Gasteiger partial charge in [-0.3, -0.25) is 0 Å². The zero-order valence-electron chi connectivity index (χ0n) is 9.26. The first kappa shape index (κ1) is 12.5. The van der Waals surface area contributed by atoms with Crippen molar-refractivity contribution in [2.24, 2.45) is 5.90 Å². The molecule has 1 aromatic rings. The summed E-state index contributed by atoms with van der Waals surface area (Å²) in [6.45, 7) is 4.59. The largest absolute Gasteiger partial charge is 0.496 e. The minimum absolute atomic E-state index is 0.497. The lowest BCUT2D eigenvalue weighted by atomic mass is 10.0. The Morgan fingerprint density at radius 2 is 2.07 bits per heavy atom. The minimum atomic E-state index is 0.497. The van der Waals surface area contributed by atoms with Crippen LogP contribution < -0.4 is 10.6 Å². The Morgan fingerprint density at radius 3 is 2.60 bits per heavy atom. The summed E-state index contributed by atoms with van der Waals surface area (Å²) in [6.07, 6.45) is 0.759. The maximum absolute atomic E-state index is 5.38. The molecule has 0 atom stereocenters. The molecule has 0 saturated carbocycles. The second-order valence-corrected chi connectivity index (χ2v) is 4.24. The summed E-state index contributed by atoms with van der Waals surface area (Å²) >= 11 is 3.54. The highest BCUT2D eigenvalue weighted by atomic mass is 79.9. The molecule has 1 rings (SSSR count). The van der Waals surface area contributed by atoms with Crippen LogP contribution in [0, 0.1) is 13.8 Å². The van der Waals surface area contributed by atoms with Gasteiger partial charge in [0.25, 0.3) is 0 Å². The highest BCUT2D eigenvalue weighted by Crippen LogP contribution is 2.33. The molecule has 0 aromatic heterocycles. The molecule has 0 aliphatic rings. The predicted octanol–water partition coefficient (Wildman–Crippen LogP) is 2.51. The second kappa shape index (κ2) is 5.49. The van der Waals surface area contributed by atoms with Crippen molar-refractivity contribution in [1.29, 1.82) is 0 Å². The van der Waals surface area contributed by atoms with Gasteiger partial charge in [-0.05, 0) is 25.0 Å². The van der Waals surface area contributed by atoms with E-state index in [1.807, 2.05) is 6.92 Å². The number of hydrogen-bond acceptors (Lipinski definition) is 3. The van der Waals surface area contributed by atoms with E-state index in [0.29, 0.717) is 6.61 Å². The summed E-state index contributed by atoms with van der Waals surface area (Å²) < 4.78 is 6.48. The molecule has 2 N–H and O–H groups in total. The lowest BCUT2D eigenvalue weighted by Crippen LogP contribution is -2.06. The highest BCUT2D eigenvalue weighted by molar-refractivity contribution is 9.10. The first-order valence-corrected chi connectivity index (χ1v) is 5.55. The minimum Gasteiger partial charge on any atom is -0.496 e. The summed E-state index contributed by atoms with van der Waals surface area (Å²) in [5, 5.41) is 0. The Bertz CT molecular complexity index is 353. The molecule has 84 valence electrons.